The number of likely N-dealkylation sites (N-methyl/N-ethyl adjacent to an activating group) is 1. The lowest BCUT2D eigenvalue weighted by Crippen LogP contribution is -2.66. The van der Waals surface area contributed by atoms with Crippen molar-refractivity contribution >= 4 is 24.0 Å². The largest absolute Gasteiger partial charge is 0.462 e. The minimum absolute atomic E-state index is 0.0199. The summed E-state index contributed by atoms with van der Waals surface area (Å²) >= 11 is 0. The molecular formula is C51H85NO18. The molecule has 402 valence electrons. The summed E-state index contributed by atoms with van der Waals surface area (Å²) < 4.78 is 61.9. The normalized spacial score (nSPS) is 41.7. The molecule has 19 nitrogen and oxygen atoms in total. The lowest BCUT2D eigenvalue weighted by Gasteiger charge is -2.50. The van der Waals surface area contributed by atoms with Gasteiger partial charge < -0.3 is 77.5 Å². The van der Waals surface area contributed by atoms with Crippen LogP contribution in [0.2, 0.25) is 0 Å². The smallest absolute Gasteiger partial charge is 0.308 e. The molecular weight excluding hydrogens is 915 g/mol. The highest BCUT2D eigenvalue weighted by Gasteiger charge is 2.53. The third-order valence-electron chi connectivity index (χ3n) is 14.4. The van der Waals surface area contributed by atoms with Crippen molar-refractivity contribution in [2.75, 3.05) is 34.9 Å². The maximum Gasteiger partial charge on any atom is 0.308 e. The second-order valence-corrected chi connectivity index (χ2v) is 20.3. The van der Waals surface area contributed by atoms with Crippen molar-refractivity contribution in [3.8, 4) is 0 Å². The topological polar surface area (TPSA) is 245 Å². The first-order valence-electron chi connectivity index (χ1n) is 25.1. The van der Waals surface area contributed by atoms with E-state index in [0.717, 1.165) is 12.7 Å². The number of carbonyl (C=O) groups is 4. The third kappa shape index (κ3) is 15.6. The summed E-state index contributed by atoms with van der Waals surface area (Å²) in [5.41, 5.74) is -0.849. The first-order valence-corrected chi connectivity index (χ1v) is 25.1. The Morgan fingerprint density at radius 2 is 1.56 bits per heavy atom. The molecule has 0 saturated carbocycles. The average molecular weight is 1000 g/mol. The Labute approximate surface area is 414 Å². The molecule has 0 aromatic carbocycles. The highest BCUT2D eigenvalue weighted by Crippen LogP contribution is 2.38. The molecule has 0 aromatic rings. The summed E-state index contributed by atoms with van der Waals surface area (Å²) in [6.45, 7) is 15.6. The number of aliphatic hydroxyl groups is 4. The fraction of sp³-hybridized carbons (Fsp3) is 0.843. The molecule has 0 bridgehead atoms. The first kappa shape index (κ1) is 59.8. The van der Waals surface area contributed by atoms with Crippen LogP contribution in [-0.4, -0.2) is 188 Å². The third-order valence-corrected chi connectivity index (χ3v) is 14.4. The van der Waals surface area contributed by atoms with Crippen molar-refractivity contribution in [2.45, 2.75) is 217 Å². The molecule has 4 rings (SSSR count). The maximum atomic E-state index is 14.0. The maximum absolute atomic E-state index is 14.0. The number of hydrogen-bond donors (Lipinski definition) is 4. The van der Waals surface area contributed by atoms with E-state index in [0.29, 0.717) is 18.4 Å². The number of unbranched alkanes of at least 4 members (excludes halogenated alkanes) is 1. The Morgan fingerprint density at radius 3 is 2.16 bits per heavy atom. The van der Waals surface area contributed by atoms with Gasteiger partial charge in [0, 0.05) is 51.2 Å². The van der Waals surface area contributed by atoms with Crippen molar-refractivity contribution in [1.29, 1.82) is 0 Å². The zero-order valence-corrected chi connectivity index (χ0v) is 43.7. The molecule has 4 aliphatic heterocycles. The Morgan fingerprint density at radius 1 is 0.886 bits per heavy atom. The lowest BCUT2D eigenvalue weighted by molar-refractivity contribution is -0.342. The van der Waals surface area contributed by atoms with E-state index in [1.54, 1.807) is 54.8 Å². The van der Waals surface area contributed by atoms with Gasteiger partial charge in [-0.3, -0.25) is 14.4 Å². The Kier molecular flexibility index (Phi) is 23.5. The second kappa shape index (κ2) is 27.5. The van der Waals surface area contributed by atoms with Crippen LogP contribution in [0, 0.1) is 23.7 Å². The zero-order valence-electron chi connectivity index (χ0n) is 43.7. The van der Waals surface area contributed by atoms with Crippen LogP contribution in [0.5, 0.6) is 0 Å². The van der Waals surface area contributed by atoms with E-state index in [1.165, 1.54) is 27.2 Å². The van der Waals surface area contributed by atoms with Crippen LogP contribution >= 0.6 is 0 Å². The number of aliphatic hydroxyl groups excluding tert-OH is 3. The van der Waals surface area contributed by atoms with Gasteiger partial charge in [-0.1, -0.05) is 51.8 Å². The Hall–Kier alpha value is -2.76. The van der Waals surface area contributed by atoms with Gasteiger partial charge in [-0.25, -0.2) is 0 Å². The van der Waals surface area contributed by atoms with Gasteiger partial charge in [0.15, 0.2) is 30.8 Å². The number of ether oxygens (including phenoxy) is 10. The monoisotopic (exact) mass is 1000 g/mol. The summed E-state index contributed by atoms with van der Waals surface area (Å²) in [5.74, 6) is -4.25. The van der Waals surface area contributed by atoms with E-state index >= 15 is 0 Å². The minimum atomic E-state index is -1.52. The summed E-state index contributed by atoms with van der Waals surface area (Å²) in [5, 5.41) is 44.4. The molecule has 70 heavy (non-hydrogen) atoms. The molecule has 19 heteroatoms. The molecule has 3 fully saturated rings. The van der Waals surface area contributed by atoms with E-state index in [2.05, 4.69) is 0 Å². The van der Waals surface area contributed by atoms with Crippen LogP contribution in [0.15, 0.2) is 23.8 Å². The SMILES string of the molecule is CCCCC(=O)O[C@H]1[C@H](O[C@H]2[C@@H](CC=O)C[C@@H](C)C(=O)C=CC(C)=C[C@H](CO[C@@H]3O[C@H](C)[C@@H](O)[C@@H](OC)[C@H]3OC)[C@@H](CC)OC(=O)C[C@@H](O)[C@@H]2C)O[C@H](C)[C@@H](O[C@H]2C[C@@](C)(O)[C@@H](O)[C@H](C)O2)[C@@H]1N(C)C. The zero-order chi connectivity index (χ0) is 52.2. The Balaban J connectivity index is 1.71. The number of ketones is 1. The fourth-order valence-electron chi connectivity index (χ4n) is 10.1. The number of hydrogen-bond acceptors (Lipinski definition) is 19. The van der Waals surface area contributed by atoms with Gasteiger partial charge in [-0.15, -0.1) is 0 Å². The number of allylic oxidation sites excluding steroid dienone is 3. The van der Waals surface area contributed by atoms with Gasteiger partial charge in [0.2, 0.25) is 0 Å². The predicted octanol–water partition coefficient (Wildman–Crippen LogP) is 3.57. The van der Waals surface area contributed by atoms with E-state index in [-0.39, 0.29) is 38.1 Å². The number of carbonyl (C=O) groups excluding carboxylic acids is 4. The molecule has 0 amide bonds. The van der Waals surface area contributed by atoms with Crippen molar-refractivity contribution < 1.29 is 87.0 Å². The molecule has 0 radical (unpaired) electrons. The molecule has 21 atom stereocenters. The molecule has 3 saturated heterocycles. The van der Waals surface area contributed by atoms with Gasteiger partial charge in [0.1, 0.15) is 42.9 Å². The number of methoxy groups -OCH3 is 2. The number of nitrogens with zero attached hydrogens (tertiary/aromatic N) is 1. The minimum Gasteiger partial charge on any atom is -0.462 e. The summed E-state index contributed by atoms with van der Waals surface area (Å²) in [6, 6.07) is -0.743. The Bertz CT molecular complexity index is 1730. The number of cyclic esters (lactones) is 1. The van der Waals surface area contributed by atoms with Crippen molar-refractivity contribution in [2.24, 2.45) is 23.7 Å². The van der Waals surface area contributed by atoms with Gasteiger partial charge in [0.05, 0.1) is 55.2 Å². The molecule has 0 aromatic heterocycles. The molecule has 0 unspecified atom stereocenters. The highest BCUT2D eigenvalue weighted by atomic mass is 16.7. The summed E-state index contributed by atoms with van der Waals surface area (Å²) in [6.07, 6.45) is -7.31. The molecule has 4 heterocycles. The van der Waals surface area contributed by atoms with Crippen LogP contribution in [0.25, 0.3) is 0 Å². The quantitative estimate of drug-likeness (QED) is 0.120. The van der Waals surface area contributed by atoms with Crippen molar-refractivity contribution in [3.05, 3.63) is 23.8 Å². The van der Waals surface area contributed by atoms with Gasteiger partial charge in [-0.05, 0) is 80.0 Å². The van der Waals surface area contributed by atoms with Gasteiger partial charge in [0.25, 0.3) is 0 Å². The van der Waals surface area contributed by atoms with E-state index in [1.807, 2.05) is 31.7 Å². The van der Waals surface area contributed by atoms with Gasteiger partial charge >= 0.3 is 11.9 Å². The fourth-order valence-corrected chi connectivity index (χ4v) is 10.1. The lowest BCUT2D eigenvalue weighted by atomic mass is 9.79. The van der Waals surface area contributed by atoms with E-state index in [4.69, 9.17) is 47.4 Å². The molecule has 4 N–H and O–H groups in total. The molecule has 0 spiro atoms. The summed E-state index contributed by atoms with van der Waals surface area (Å²) in [4.78, 5) is 55.8. The van der Waals surface area contributed by atoms with Crippen molar-refractivity contribution in [1.82, 2.24) is 4.90 Å². The van der Waals surface area contributed by atoms with E-state index < -0.39 is 146 Å². The van der Waals surface area contributed by atoms with Crippen LogP contribution < -0.4 is 0 Å². The standard InChI is InChI=1S/C51H85NO18/c1-14-16-17-38(56)68-45-41(52(10)11)44(69-40-25-51(9,60)48(59)32(8)64-40)31(7)66-50(45)70-43-29(5)36(55)24-39(57)67-37(15-2)34(22-27(3)18-19-35(54)28(4)23-33(43)20-21-53)26-63-49-47(62-13)46(61-12)42(58)30(6)65-49/h18-19,21-22,28-34,36-37,40-50,55,58-60H,14-17,20,23-26H2,1-13H3/t28-,29+,30-,31-,32+,33+,34-,36-,37-,40+,41+,42-,43-,44-,45-,46-,47-,48+,49-,50+,51-/m1/s1. The predicted molar refractivity (Wildman–Crippen MR) is 254 cm³/mol. The number of esters is 2. The highest BCUT2D eigenvalue weighted by molar-refractivity contribution is 5.91. The summed E-state index contributed by atoms with van der Waals surface area (Å²) in [7, 11) is 6.50. The number of rotatable bonds is 17. The van der Waals surface area contributed by atoms with E-state index in [9.17, 15) is 39.6 Å². The second-order valence-electron chi connectivity index (χ2n) is 20.3. The van der Waals surface area contributed by atoms with Gasteiger partial charge in [-0.2, -0.15) is 0 Å². The first-order chi connectivity index (χ1) is 33.0. The average Bonchev–Trinajstić information content (AvgIpc) is 3.30. The molecule has 0 aliphatic carbocycles. The van der Waals surface area contributed by atoms with Crippen LogP contribution in [-0.2, 0) is 66.5 Å². The van der Waals surface area contributed by atoms with Crippen molar-refractivity contribution in [3.63, 3.8) is 0 Å². The van der Waals surface area contributed by atoms with Crippen LogP contribution in [0.4, 0.5) is 0 Å². The number of aldehydes is 1. The van der Waals surface area contributed by atoms with Crippen LogP contribution in [0.3, 0.4) is 0 Å². The van der Waals surface area contributed by atoms with Crippen LogP contribution in [0.1, 0.15) is 114 Å². The molecule has 4 aliphatic rings.